The summed E-state index contributed by atoms with van der Waals surface area (Å²) in [6, 6.07) is 9.64. The predicted molar refractivity (Wildman–Crippen MR) is 65.6 cm³/mol. The first-order valence-electron chi connectivity index (χ1n) is 4.85. The standard InChI is InChI=1S/C12H17O2P/c1-12(13,15(2,3)14)10-9-11-7-5-4-6-8-11/h4-10,13H,1-3H3/b10-9+. The molecule has 0 aliphatic carbocycles. The molecule has 82 valence electrons. The lowest BCUT2D eigenvalue weighted by Gasteiger charge is -2.23. The van der Waals surface area contributed by atoms with Gasteiger partial charge in [0.2, 0.25) is 0 Å². The molecule has 1 aromatic carbocycles. The van der Waals surface area contributed by atoms with Gasteiger partial charge in [0.25, 0.3) is 0 Å². The molecule has 0 bridgehead atoms. The minimum Gasteiger partial charge on any atom is -0.378 e. The molecule has 0 fully saturated rings. The van der Waals surface area contributed by atoms with E-state index in [1.807, 2.05) is 30.3 Å². The fourth-order valence-corrected chi connectivity index (χ4v) is 1.43. The van der Waals surface area contributed by atoms with E-state index in [9.17, 15) is 9.67 Å². The van der Waals surface area contributed by atoms with Crippen LogP contribution in [0.4, 0.5) is 0 Å². The summed E-state index contributed by atoms with van der Waals surface area (Å²) in [5.74, 6) is 0. The summed E-state index contributed by atoms with van der Waals surface area (Å²) in [6.07, 6.45) is 3.39. The summed E-state index contributed by atoms with van der Waals surface area (Å²) in [6.45, 7) is 4.75. The highest BCUT2D eigenvalue weighted by Gasteiger charge is 2.31. The van der Waals surface area contributed by atoms with Crippen molar-refractivity contribution in [3.8, 4) is 0 Å². The summed E-state index contributed by atoms with van der Waals surface area (Å²) in [5.41, 5.74) is 0.992. The minimum absolute atomic E-state index is 0.992. The highest BCUT2D eigenvalue weighted by molar-refractivity contribution is 7.63. The fraction of sp³-hybridized carbons (Fsp3) is 0.333. The number of aliphatic hydroxyl groups is 1. The molecule has 1 rings (SSSR count). The Hall–Kier alpha value is -0.850. The van der Waals surface area contributed by atoms with Gasteiger partial charge in [-0.2, -0.15) is 0 Å². The first-order valence-corrected chi connectivity index (χ1v) is 7.45. The topological polar surface area (TPSA) is 37.3 Å². The lowest BCUT2D eigenvalue weighted by molar-refractivity contribution is 0.194. The largest absolute Gasteiger partial charge is 0.378 e. The Morgan fingerprint density at radius 2 is 1.80 bits per heavy atom. The lowest BCUT2D eigenvalue weighted by atomic mass is 10.2. The van der Waals surface area contributed by atoms with E-state index in [0.717, 1.165) is 5.56 Å². The third-order valence-electron chi connectivity index (χ3n) is 2.48. The normalized spacial score (nSPS) is 16.5. The molecule has 2 nitrogen and oxygen atoms in total. The van der Waals surface area contributed by atoms with E-state index in [1.54, 1.807) is 32.4 Å². The molecule has 0 saturated carbocycles. The zero-order valence-corrected chi connectivity index (χ0v) is 10.2. The van der Waals surface area contributed by atoms with E-state index < -0.39 is 12.5 Å². The van der Waals surface area contributed by atoms with Gasteiger partial charge < -0.3 is 9.67 Å². The Bertz CT molecular complexity index is 387. The Morgan fingerprint density at radius 1 is 1.27 bits per heavy atom. The van der Waals surface area contributed by atoms with Crippen molar-refractivity contribution in [3.63, 3.8) is 0 Å². The van der Waals surface area contributed by atoms with E-state index in [0.29, 0.717) is 0 Å². The summed E-state index contributed by atoms with van der Waals surface area (Å²) >= 11 is 0. The first kappa shape index (κ1) is 12.2. The van der Waals surface area contributed by atoms with Gasteiger partial charge in [0, 0.05) is 0 Å². The molecule has 0 saturated heterocycles. The van der Waals surface area contributed by atoms with Gasteiger partial charge in [-0.1, -0.05) is 36.4 Å². The van der Waals surface area contributed by atoms with Gasteiger partial charge in [0.05, 0.1) is 0 Å². The molecule has 0 aliphatic rings. The summed E-state index contributed by atoms with van der Waals surface area (Å²) in [5, 5.41) is 8.73. The molecule has 0 heterocycles. The maximum atomic E-state index is 11.8. The third kappa shape index (κ3) is 3.33. The molecule has 1 aromatic rings. The lowest BCUT2D eigenvalue weighted by Crippen LogP contribution is -2.19. The van der Waals surface area contributed by atoms with Gasteiger partial charge in [-0.15, -0.1) is 0 Å². The van der Waals surface area contributed by atoms with Crippen LogP contribution in [-0.2, 0) is 4.57 Å². The number of benzene rings is 1. The van der Waals surface area contributed by atoms with Gasteiger partial charge >= 0.3 is 0 Å². The zero-order chi connectivity index (χ0) is 11.5. The third-order valence-corrected chi connectivity index (χ3v) is 4.81. The Labute approximate surface area is 91.0 Å². The monoisotopic (exact) mass is 224 g/mol. The van der Waals surface area contributed by atoms with E-state index in [1.165, 1.54) is 0 Å². The van der Waals surface area contributed by atoms with Crippen molar-refractivity contribution in [2.45, 2.75) is 12.3 Å². The average molecular weight is 224 g/mol. The molecule has 0 aliphatic heterocycles. The van der Waals surface area contributed by atoms with Crippen LogP contribution in [0.2, 0.25) is 0 Å². The highest BCUT2D eigenvalue weighted by atomic mass is 31.2. The molecular formula is C12H17O2P. The van der Waals surface area contributed by atoms with Crippen molar-refractivity contribution in [2.75, 3.05) is 13.3 Å². The van der Waals surface area contributed by atoms with Crippen LogP contribution in [-0.4, -0.2) is 23.8 Å². The zero-order valence-electron chi connectivity index (χ0n) is 9.34. The molecule has 0 radical (unpaired) electrons. The van der Waals surface area contributed by atoms with E-state index in [2.05, 4.69) is 0 Å². The van der Waals surface area contributed by atoms with E-state index in [-0.39, 0.29) is 0 Å². The molecule has 1 unspecified atom stereocenters. The van der Waals surface area contributed by atoms with E-state index in [4.69, 9.17) is 0 Å². The van der Waals surface area contributed by atoms with Crippen LogP contribution in [0.25, 0.3) is 6.08 Å². The van der Waals surface area contributed by atoms with Crippen LogP contribution in [0.1, 0.15) is 12.5 Å². The SMILES string of the molecule is CC(O)(/C=C/c1ccccc1)P(C)(C)=O. The minimum atomic E-state index is -2.54. The van der Waals surface area contributed by atoms with Crippen molar-refractivity contribution in [2.24, 2.45) is 0 Å². The van der Waals surface area contributed by atoms with Crippen molar-refractivity contribution < 1.29 is 9.67 Å². The Morgan fingerprint density at radius 3 is 2.27 bits per heavy atom. The van der Waals surface area contributed by atoms with Crippen molar-refractivity contribution in [3.05, 3.63) is 42.0 Å². The molecule has 15 heavy (non-hydrogen) atoms. The molecule has 0 spiro atoms. The first-order chi connectivity index (χ1) is 6.83. The van der Waals surface area contributed by atoms with Crippen molar-refractivity contribution in [1.29, 1.82) is 0 Å². The molecule has 1 atom stereocenters. The highest BCUT2D eigenvalue weighted by Crippen LogP contribution is 2.50. The summed E-state index contributed by atoms with van der Waals surface area (Å²) < 4.78 is 11.8. The number of hydrogen-bond donors (Lipinski definition) is 1. The summed E-state index contributed by atoms with van der Waals surface area (Å²) in [7, 11) is -2.54. The predicted octanol–water partition coefficient (Wildman–Crippen LogP) is 3.03. The molecule has 0 aromatic heterocycles. The van der Waals surface area contributed by atoms with Crippen molar-refractivity contribution in [1.82, 2.24) is 0 Å². The molecular weight excluding hydrogens is 207 g/mol. The second-order valence-corrected chi connectivity index (χ2v) is 7.80. The van der Waals surface area contributed by atoms with Crippen LogP contribution in [0.15, 0.2) is 36.4 Å². The van der Waals surface area contributed by atoms with Gasteiger partial charge in [-0.3, -0.25) is 0 Å². The second kappa shape index (κ2) is 4.34. The maximum absolute atomic E-state index is 11.8. The van der Waals surface area contributed by atoms with Crippen LogP contribution in [0.3, 0.4) is 0 Å². The van der Waals surface area contributed by atoms with Crippen LogP contribution >= 0.6 is 7.14 Å². The Kier molecular flexibility index (Phi) is 3.54. The van der Waals surface area contributed by atoms with Crippen LogP contribution in [0, 0.1) is 0 Å². The molecule has 3 heteroatoms. The number of rotatable bonds is 3. The number of hydrogen-bond acceptors (Lipinski definition) is 2. The van der Waals surface area contributed by atoms with Gasteiger partial charge in [-0.05, 0) is 31.9 Å². The van der Waals surface area contributed by atoms with Gasteiger partial charge in [-0.25, -0.2) is 0 Å². The van der Waals surface area contributed by atoms with E-state index >= 15 is 0 Å². The maximum Gasteiger partial charge on any atom is 0.132 e. The van der Waals surface area contributed by atoms with Crippen LogP contribution in [0.5, 0.6) is 0 Å². The second-order valence-electron chi connectivity index (χ2n) is 4.19. The smallest absolute Gasteiger partial charge is 0.132 e. The average Bonchev–Trinajstić information content (AvgIpc) is 2.15. The van der Waals surface area contributed by atoms with Gasteiger partial charge in [0.15, 0.2) is 0 Å². The van der Waals surface area contributed by atoms with Crippen LogP contribution < -0.4 is 0 Å². The van der Waals surface area contributed by atoms with Crippen molar-refractivity contribution >= 4 is 13.2 Å². The summed E-state index contributed by atoms with van der Waals surface area (Å²) in [4.78, 5) is 0. The fourth-order valence-electron chi connectivity index (χ4n) is 0.998. The molecule has 0 amide bonds. The van der Waals surface area contributed by atoms with Gasteiger partial charge in [0.1, 0.15) is 12.5 Å². The Balaban J connectivity index is 2.87. The quantitative estimate of drug-likeness (QED) is 0.801. The molecule has 1 N–H and O–H groups in total.